The Labute approximate surface area is 195 Å². The third-order valence-electron chi connectivity index (χ3n) is 5.07. The van der Waals surface area contributed by atoms with Crippen molar-refractivity contribution in [1.29, 1.82) is 0 Å². The number of carbonyl (C=O) groups excluding carboxylic acids is 3. The number of hydrogen-bond donors (Lipinski definition) is 2. The summed E-state index contributed by atoms with van der Waals surface area (Å²) in [7, 11) is 0. The van der Waals surface area contributed by atoms with Gasteiger partial charge in [0.25, 0.3) is 0 Å². The van der Waals surface area contributed by atoms with Crippen molar-refractivity contribution in [2.24, 2.45) is 0 Å². The van der Waals surface area contributed by atoms with Crippen molar-refractivity contribution in [3.63, 3.8) is 0 Å². The normalized spacial score (nSPS) is 11.5. The van der Waals surface area contributed by atoms with Crippen LogP contribution in [-0.2, 0) is 30.3 Å². The van der Waals surface area contributed by atoms with E-state index in [0.717, 1.165) is 36.9 Å². The molecule has 0 saturated carbocycles. The van der Waals surface area contributed by atoms with Gasteiger partial charge >= 0.3 is 17.9 Å². The maximum atomic E-state index is 11.7. The predicted octanol–water partition coefficient (Wildman–Crippen LogP) is 3.51. The first-order chi connectivity index (χ1) is 16.1. The zero-order chi connectivity index (χ0) is 23.7. The van der Waals surface area contributed by atoms with E-state index in [0.29, 0.717) is 25.8 Å². The molecule has 0 aliphatic carbocycles. The van der Waals surface area contributed by atoms with Gasteiger partial charge in [0.05, 0.1) is 12.7 Å². The second-order valence-corrected chi connectivity index (χ2v) is 7.78. The van der Waals surface area contributed by atoms with Crippen LogP contribution >= 0.6 is 0 Å². The smallest absolute Gasteiger partial charge is 0.425 e. The fourth-order valence-corrected chi connectivity index (χ4v) is 3.24. The summed E-state index contributed by atoms with van der Waals surface area (Å²) < 4.78 is 9.42. The van der Waals surface area contributed by atoms with Gasteiger partial charge in [0.1, 0.15) is 0 Å². The average Bonchev–Trinajstić information content (AvgIpc) is 2.83. The summed E-state index contributed by atoms with van der Waals surface area (Å²) in [5.74, 6) is -3.12. The topological polar surface area (TPSA) is 102 Å². The Morgan fingerprint density at radius 2 is 1.48 bits per heavy atom. The molecule has 0 aromatic heterocycles. The van der Waals surface area contributed by atoms with Gasteiger partial charge in [-0.2, -0.15) is 0 Å². The first kappa shape index (κ1) is 26.2. The van der Waals surface area contributed by atoms with Crippen LogP contribution in [0.3, 0.4) is 0 Å². The van der Waals surface area contributed by atoms with Gasteiger partial charge in [-0.25, -0.2) is 9.59 Å². The molecule has 0 amide bonds. The second kappa shape index (κ2) is 15.7. The second-order valence-electron chi connectivity index (χ2n) is 7.78. The Morgan fingerprint density at radius 1 is 0.818 bits per heavy atom. The molecule has 2 N–H and O–H groups in total. The molecule has 2 rings (SSSR count). The Balaban J connectivity index is 1.43. The molecule has 7 heteroatoms. The highest BCUT2D eigenvalue weighted by Gasteiger charge is 2.20. The number of ether oxygens (including phenoxy) is 2. The van der Waals surface area contributed by atoms with Gasteiger partial charge in [-0.05, 0) is 43.4 Å². The lowest BCUT2D eigenvalue weighted by molar-refractivity contribution is -0.173. The number of benzene rings is 2. The minimum absolute atomic E-state index is 0.0598. The quantitative estimate of drug-likeness (QED) is 0.195. The van der Waals surface area contributed by atoms with Crippen molar-refractivity contribution in [3.05, 3.63) is 71.8 Å². The Hall–Kier alpha value is -3.03. The van der Waals surface area contributed by atoms with E-state index in [9.17, 15) is 19.5 Å². The number of carbonyl (C=O) groups is 3. The number of nitrogens with one attached hydrogen (secondary N) is 1. The summed E-state index contributed by atoms with van der Waals surface area (Å²) in [6.07, 6.45) is 4.07. The van der Waals surface area contributed by atoms with Crippen LogP contribution in [0.1, 0.15) is 55.8 Å². The maximum absolute atomic E-state index is 11.7. The van der Waals surface area contributed by atoms with Crippen molar-refractivity contribution in [2.75, 3.05) is 19.7 Å². The van der Waals surface area contributed by atoms with Crippen molar-refractivity contribution >= 4 is 17.9 Å². The molecular weight excluding hydrogens is 422 g/mol. The highest BCUT2D eigenvalue weighted by molar-refractivity contribution is 6.31. The molecule has 1 unspecified atom stereocenters. The fourth-order valence-electron chi connectivity index (χ4n) is 3.24. The lowest BCUT2D eigenvalue weighted by Gasteiger charge is -2.12. The van der Waals surface area contributed by atoms with Crippen LogP contribution in [0, 0.1) is 0 Å². The number of unbranched alkanes of at least 4 members (excludes halogenated alkanes) is 3. The van der Waals surface area contributed by atoms with Gasteiger partial charge in [-0.15, -0.1) is 0 Å². The maximum Gasteiger partial charge on any atom is 0.425 e. The van der Waals surface area contributed by atoms with E-state index in [4.69, 9.17) is 4.74 Å². The van der Waals surface area contributed by atoms with Gasteiger partial charge in [0.2, 0.25) is 0 Å². The molecule has 0 aliphatic heterocycles. The van der Waals surface area contributed by atoms with Crippen LogP contribution in [0.2, 0.25) is 0 Å². The molecule has 0 heterocycles. The first-order valence-electron chi connectivity index (χ1n) is 11.5. The Bertz CT molecular complexity index is 840. The Morgan fingerprint density at radius 3 is 2.21 bits per heavy atom. The van der Waals surface area contributed by atoms with Crippen LogP contribution in [0.5, 0.6) is 0 Å². The van der Waals surface area contributed by atoms with Gasteiger partial charge in [0, 0.05) is 13.0 Å². The molecule has 0 spiro atoms. The highest BCUT2D eigenvalue weighted by Crippen LogP contribution is 2.10. The molecule has 33 heavy (non-hydrogen) atoms. The van der Waals surface area contributed by atoms with Crippen LogP contribution in [0.25, 0.3) is 0 Å². The molecule has 0 fully saturated rings. The minimum atomic E-state index is -1.26. The molecule has 0 bridgehead atoms. The zero-order valence-corrected chi connectivity index (χ0v) is 18.9. The third-order valence-corrected chi connectivity index (χ3v) is 5.07. The molecule has 7 nitrogen and oxygen atoms in total. The van der Waals surface area contributed by atoms with Crippen LogP contribution < -0.4 is 5.32 Å². The van der Waals surface area contributed by atoms with E-state index in [1.54, 1.807) is 0 Å². The summed E-state index contributed by atoms with van der Waals surface area (Å²) in [4.78, 5) is 35.0. The van der Waals surface area contributed by atoms with Gasteiger partial charge in [-0.1, -0.05) is 73.5 Å². The summed E-state index contributed by atoms with van der Waals surface area (Å²) in [6, 6.07) is 19.2. The van der Waals surface area contributed by atoms with E-state index in [2.05, 4.69) is 10.1 Å². The summed E-state index contributed by atoms with van der Waals surface area (Å²) >= 11 is 0. The third kappa shape index (κ3) is 11.4. The van der Waals surface area contributed by atoms with E-state index in [1.807, 2.05) is 60.7 Å². The number of aliphatic hydroxyl groups is 1. The molecule has 2 aromatic carbocycles. The number of hydrogen-bond acceptors (Lipinski definition) is 7. The van der Waals surface area contributed by atoms with Crippen molar-refractivity contribution < 1.29 is 29.0 Å². The van der Waals surface area contributed by atoms with Crippen molar-refractivity contribution in [1.82, 2.24) is 5.32 Å². The Kier molecular flexibility index (Phi) is 12.5. The van der Waals surface area contributed by atoms with E-state index in [-0.39, 0.29) is 13.0 Å². The standard InChI is InChI=1S/C26H33NO6/c28-23(22-15-7-4-8-16-22)20-27-18-9-1-2-10-19-32-25(30)26(31)33-24(29)17-11-14-21-12-5-3-6-13-21/h3-8,12-13,15-16,23,27-28H,1-2,9-11,14,17-20H2. The van der Waals surface area contributed by atoms with E-state index >= 15 is 0 Å². The molecule has 1 atom stereocenters. The number of aryl methyl sites for hydroxylation is 1. The van der Waals surface area contributed by atoms with Gasteiger partial charge in [0.15, 0.2) is 0 Å². The fraction of sp³-hybridized carbons (Fsp3) is 0.423. The lowest BCUT2D eigenvalue weighted by Crippen LogP contribution is -2.24. The van der Waals surface area contributed by atoms with E-state index < -0.39 is 24.0 Å². The summed E-state index contributed by atoms with van der Waals surface area (Å²) in [6.45, 7) is 1.38. The van der Waals surface area contributed by atoms with Crippen LogP contribution in [0.4, 0.5) is 0 Å². The van der Waals surface area contributed by atoms with E-state index in [1.165, 1.54) is 0 Å². The molecule has 178 valence electrons. The van der Waals surface area contributed by atoms with Crippen molar-refractivity contribution in [3.8, 4) is 0 Å². The monoisotopic (exact) mass is 455 g/mol. The van der Waals surface area contributed by atoms with Crippen LogP contribution in [0.15, 0.2) is 60.7 Å². The average molecular weight is 456 g/mol. The lowest BCUT2D eigenvalue weighted by atomic mass is 10.1. The number of rotatable bonds is 14. The summed E-state index contributed by atoms with van der Waals surface area (Å²) in [5.41, 5.74) is 1.98. The molecule has 0 aliphatic rings. The van der Waals surface area contributed by atoms with Gasteiger partial charge in [-0.3, -0.25) is 4.79 Å². The van der Waals surface area contributed by atoms with Crippen LogP contribution in [-0.4, -0.2) is 42.7 Å². The predicted molar refractivity (Wildman–Crippen MR) is 124 cm³/mol. The highest BCUT2D eigenvalue weighted by atomic mass is 16.6. The van der Waals surface area contributed by atoms with Crippen molar-refractivity contribution in [2.45, 2.75) is 51.0 Å². The first-order valence-corrected chi connectivity index (χ1v) is 11.5. The van der Waals surface area contributed by atoms with Gasteiger partial charge < -0.3 is 19.9 Å². The molecule has 0 radical (unpaired) electrons. The molecule has 0 saturated heterocycles. The molecule has 2 aromatic rings. The largest absolute Gasteiger partial charge is 0.457 e. The SMILES string of the molecule is O=C(CCCc1ccccc1)OC(=O)C(=O)OCCCCCCNCC(O)c1ccccc1. The minimum Gasteiger partial charge on any atom is -0.457 e. The summed E-state index contributed by atoms with van der Waals surface area (Å²) in [5, 5.41) is 13.3. The molecular formula is C26H33NO6. The number of aliphatic hydroxyl groups excluding tert-OH is 1. The number of esters is 3. The zero-order valence-electron chi connectivity index (χ0n) is 18.9.